The van der Waals surface area contributed by atoms with Crippen molar-refractivity contribution in [1.82, 2.24) is 19.9 Å². The Morgan fingerprint density at radius 1 is 1.23 bits per heavy atom. The van der Waals surface area contributed by atoms with Crippen LogP contribution in [0.5, 0.6) is 0 Å². The van der Waals surface area contributed by atoms with Gasteiger partial charge in [-0.2, -0.15) is 9.65 Å². The van der Waals surface area contributed by atoms with Crippen LogP contribution in [0.4, 0.5) is 16.2 Å². The van der Waals surface area contributed by atoms with Crippen molar-refractivity contribution in [1.29, 1.82) is 5.26 Å². The molecule has 2 fully saturated rings. The fourth-order valence-electron chi connectivity index (χ4n) is 3.86. The standard InChI is InChI=1S/C17H18FN7O/c1-2-12-14(18)16(26)23-17(22-12)25-8-10-6-24(7-11(10)9-25)15-13(5-19)20-3-4-21-15/h3-4,10-11H,2,6-9H2,1H3,(H,22,23,26). The molecule has 2 atom stereocenters. The Morgan fingerprint density at radius 3 is 2.54 bits per heavy atom. The van der Waals surface area contributed by atoms with Crippen molar-refractivity contribution < 1.29 is 4.39 Å². The third-order valence-electron chi connectivity index (χ3n) is 5.12. The van der Waals surface area contributed by atoms with Gasteiger partial charge >= 0.3 is 0 Å². The van der Waals surface area contributed by atoms with Gasteiger partial charge < -0.3 is 9.80 Å². The van der Waals surface area contributed by atoms with E-state index in [-0.39, 0.29) is 5.69 Å². The van der Waals surface area contributed by atoms with Crippen molar-refractivity contribution in [3.05, 3.63) is 40.0 Å². The highest BCUT2D eigenvalue weighted by molar-refractivity contribution is 5.51. The maximum atomic E-state index is 13.7. The lowest BCUT2D eigenvalue weighted by Crippen LogP contribution is -2.32. The van der Waals surface area contributed by atoms with Crippen molar-refractivity contribution in [2.45, 2.75) is 13.3 Å². The second-order valence-corrected chi connectivity index (χ2v) is 6.67. The van der Waals surface area contributed by atoms with Crippen LogP contribution in [0, 0.1) is 29.0 Å². The first-order chi connectivity index (χ1) is 12.6. The average molecular weight is 355 g/mol. The minimum atomic E-state index is -0.798. The van der Waals surface area contributed by atoms with Crippen LogP contribution in [0.25, 0.3) is 0 Å². The summed E-state index contributed by atoms with van der Waals surface area (Å²) in [6.07, 6.45) is 3.49. The lowest BCUT2D eigenvalue weighted by molar-refractivity contribution is 0.533. The fourth-order valence-corrected chi connectivity index (χ4v) is 3.86. The number of halogens is 1. The topological polar surface area (TPSA) is 102 Å². The summed E-state index contributed by atoms with van der Waals surface area (Å²) >= 11 is 0. The zero-order valence-corrected chi connectivity index (χ0v) is 14.3. The van der Waals surface area contributed by atoms with Gasteiger partial charge in [0, 0.05) is 50.4 Å². The van der Waals surface area contributed by atoms with E-state index in [4.69, 9.17) is 0 Å². The number of nitrogens with one attached hydrogen (secondary N) is 1. The minimum absolute atomic E-state index is 0.195. The average Bonchev–Trinajstić information content (AvgIpc) is 3.23. The Hall–Kier alpha value is -3.02. The molecule has 2 aliphatic heterocycles. The molecular formula is C17H18FN7O. The van der Waals surface area contributed by atoms with E-state index in [1.807, 2.05) is 4.90 Å². The number of aryl methyl sites for hydroxylation is 1. The summed E-state index contributed by atoms with van der Waals surface area (Å²) < 4.78 is 13.7. The van der Waals surface area contributed by atoms with Gasteiger partial charge in [-0.1, -0.05) is 6.92 Å². The van der Waals surface area contributed by atoms with Crippen LogP contribution in [0.15, 0.2) is 17.2 Å². The predicted molar refractivity (Wildman–Crippen MR) is 92.3 cm³/mol. The number of hydrogen-bond acceptors (Lipinski definition) is 7. The maximum Gasteiger partial charge on any atom is 0.288 e. The molecule has 0 saturated carbocycles. The molecule has 2 aromatic heterocycles. The molecule has 134 valence electrons. The number of hydrogen-bond donors (Lipinski definition) is 1. The van der Waals surface area contributed by atoms with E-state index >= 15 is 0 Å². The van der Waals surface area contributed by atoms with Gasteiger partial charge in [0.05, 0.1) is 5.69 Å². The molecular weight excluding hydrogens is 337 g/mol. The van der Waals surface area contributed by atoms with Gasteiger partial charge in [0.1, 0.15) is 6.07 Å². The Labute approximate surface area is 149 Å². The lowest BCUT2D eigenvalue weighted by atomic mass is 10.0. The van der Waals surface area contributed by atoms with Gasteiger partial charge in [0.15, 0.2) is 11.5 Å². The fraction of sp³-hybridized carbons (Fsp3) is 0.471. The third kappa shape index (κ3) is 2.67. The number of rotatable bonds is 3. The SMILES string of the molecule is CCc1nc(N2CC3CN(c4nccnc4C#N)CC3C2)[nH]c(=O)c1F. The number of anilines is 2. The molecule has 26 heavy (non-hydrogen) atoms. The molecule has 2 aromatic rings. The molecule has 0 bridgehead atoms. The highest BCUT2D eigenvalue weighted by atomic mass is 19.1. The number of H-pyrrole nitrogens is 1. The summed E-state index contributed by atoms with van der Waals surface area (Å²) in [6, 6.07) is 2.09. The van der Waals surface area contributed by atoms with E-state index in [1.54, 1.807) is 13.1 Å². The van der Waals surface area contributed by atoms with Crippen LogP contribution in [-0.4, -0.2) is 46.1 Å². The third-order valence-corrected chi connectivity index (χ3v) is 5.12. The van der Waals surface area contributed by atoms with Crippen LogP contribution in [0.1, 0.15) is 18.3 Å². The van der Waals surface area contributed by atoms with Crippen LogP contribution < -0.4 is 15.4 Å². The number of aromatic nitrogens is 4. The Kier molecular flexibility index (Phi) is 4.03. The van der Waals surface area contributed by atoms with Crippen LogP contribution >= 0.6 is 0 Å². The van der Waals surface area contributed by atoms with Gasteiger partial charge in [-0.3, -0.25) is 9.78 Å². The van der Waals surface area contributed by atoms with Gasteiger partial charge in [-0.25, -0.2) is 15.0 Å². The van der Waals surface area contributed by atoms with E-state index in [1.165, 1.54) is 6.20 Å². The predicted octanol–water partition coefficient (Wildman–Crippen LogP) is 0.706. The van der Waals surface area contributed by atoms with E-state index in [0.717, 1.165) is 26.2 Å². The molecule has 2 aliphatic rings. The molecule has 1 N–H and O–H groups in total. The molecule has 0 aromatic carbocycles. The highest BCUT2D eigenvalue weighted by Crippen LogP contribution is 2.35. The Bertz CT molecular complexity index is 923. The summed E-state index contributed by atoms with van der Waals surface area (Å²) in [5, 5.41) is 9.21. The lowest BCUT2D eigenvalue weighted by Gasteiger charge is -2.23. The van der Waals surface area contributed by atoms with E-state index in [9.17, 15) is 14.4 Å². The van der Waals surface area contributed by atoms with Crippen molar-refractivity contribution in [2.24, 2.45) is 11.8 Å². The minimum Gasteiger partial charge on any atom is -0.353 e. The van der Waals surface area contributed by atoms with E-state index in [0.29, 0.717) is 35.7 Å². The molecule has 0 radical (unpaired) electrons. The molecule has 4 rings (SSSR count). The normalized spacial score (nSPS) is 21.7. The zero-order chi connectivity index (χ0) is 18.3. The van der Waals surface area contributed by atoms with Crippen LogP contribution in [-0.2, 0) is 6.42 Å². The van der Waals surface area contributed by atoms with Gasteiger partial charge in [0.25, 0.3) is 5.56 Å². The van der Waals surface area contributed by atoms with Gasteiger partial charge in [-0.05, 0) is 6.42 Å². The van der Waals surface area contributed by atoms with Crippen LogP contribution in [0.3, 0.4) is 0 Å². The molecule has 0 spiro atoms. The smallest absolute Gasteiger partial charge is 0.288 e. The Balaban J connectivity index is 1.52. The quantitative estimate of drug-likeness (QED) is 0.865. The first-order valence-corrected chi connectivity index (χ1v) is 8.60. The van der Waals surface area contributed by atoms with E-state index in [2.05, 4.69) is 30.9 Å². The first kappa shape index (κ1) is 16.4. The van der Waals surface area contributed by atoms with Gasteiger partial charge in [-0.15, -0.1) is 0 Å². The second kappa shape index (κ2) is 6.37. The first-order valence-electron chi connectivity index (χ1n) is 8.60. The molecule has 4 heterocycles. The molecule has 8 nitrogen and oxygen atoms in total. The van der Waals surface area contributed by atoms with Crippen molar-refractivity contribution in [3.8, 4) is 6.07 Å². The van der Waals surface area contributed by atoms with E-state index < -0.39 is 11.4 Å². The second-order valence-electron chi connectivity index (χ2n) is 6.67. The maximum absolute atomic E-state index is 13.7. The molecule has 0 amide bonds. The summed E-state index contributed by atoms with van der Waals surface area (Å²) in [6.45, 7) is 4.75. The molecule has 0 aliphatic carbocycles. The number of nitriles is 1. The largest absolute Gasteiger partial charge is 0.353 e. The van der Waals surface area contributed by atoms with Crippen LogP contribution in [0.2, 0.25) is 0 Å². The summed E-state index contributed by atoms with van der Waals surface area (Å²) in [4.78, 5) is 31.1. The van der Waals surface area contributed by atoms with Crippen molar-refractivity contribution in [2.75, 3.05) is 36.0 Å². The van der Waals surface area contributed by atoms with Crippen molar-refractivity contribution in [3.63, 3.8) is 0 Å². The summed E-state index contributed by atoms with van der Waals surface area (Å²) in [7, 11) is 0. The Morgan fingerprint density at radius 2 is 1.88 bits per heavy atom. The zero-order valence-electron chi connectivity index (χ0n) is 14.3. The summed E-state index contributed by atoms with van der Waals surface area (Å²) in [5.41, 5.74) is -0.189. The van der Waals surface area contributed by atoms with Crippen molar-refractivity contribution >= 4 is 11.8 Å². The monoisotopic (exact) mass is 355 g/mol. The number of aromatic amines is 1. The number of fused-ring (bicyclic) bond motifs is 1. The highest BCUT2D eigenvalue weighted by Gasteiger charge is 2.42. The molecule has 9 heteroatoms. The molecule has 2 saturated heterocycles. The number of nitrogens with zero attached hydrogens (tertiary/aromatic N) is 6. The molecule has 2 unspecified atom stereocenters. The summed E-state index contributed by atoms with van der Waals surface area (Å²) in [5.74, 6) is 0.991. The van der Waals surface area contributed by atoms with Gasteiger partial charge in [0.2, 0.25) is 11.8 Å².